The molecule has 2 saturated carbocycles. The van der Waals surface area contributed by atoms with Crippen LogP contribution in [0.2, 0.25) is 0 Å². The molecule has 6 aliphatic rings. The monoisotopic (exact) mass is 728 g/mol. The van der Waals surface area contributed by atoms with Crippen molar-refractivity contribution in [1.29, 1.82) is 0 Å². The first-order chi connectivity index (χ1) is 24.2. The summed E-state index contributed by atoms with van der Waals surface area (Å²) in [5.74, 6) is -4.05. The average Bonchev–Trinajstić information content (AvgIpc) is 3.84. The summed E-state index contributed by atoms with van der Waals surface area (Å²) in [5, 5.41) is -0.642. The first-order valence-electron chi connectivity index (χ1n) is 17.4. The third-order valence-corrected chi connectivity index (χ3v) is 13.1. The minimum atomic E-state index is -3.88. The molecule has 4 heterocycles. The van der Waals surface area contributed by atoms with E-state index in [2.05, 4.69) is 11.3 Å². The zero-order valence-electron chi connectivity index (χ0n) is 28.3. The number of morpholine rings is 1. The fourth-order valence-corrected chi connectivity index (χ4v) is 9.37. The van der Waals surface area contributed by atoms with E-state index < -0.39 is 86.2 Å². The minimum absolute atomic E-state index is 0.00427. The number of likely N-dealkylation sites (tertiary alicyclic amines) is 2. The summed E-state index contributed by atoms with van der Waals surface area (Å²) in [4.78, 5) is 83.8. The Hall–Kier alpha value is -4.34. The highest BCUT2D eigenvalue weighted by molar-refractivity contribution is 7.90. The molecule has 51 heavy (non-hydrogen) atoms. The van der Waals surface area contributed by atoms with Crippen LogP contribution < -0.4 is 4.72 Å². The Morgan fingerprint density at radius 2 is 1.90 bits per heavy atom. The van der Waals surface area contributed by atoms with Crippen LogP contribution in [0, 0.1) is 23.1 Å². The van der Waals surface area contributed by atoms with Gasteiger partial charge in [-0.05, 0) is 43.2 Å². The van der Waals surface area contributed by atoms with E-state index in [9.17, 15) is 41.6 Å². The molecule has 4 amide bonds. The van der Waals surface area contributed by atoms with Gasteiger partial charge in [0, 0.05) is 43.7 Å². The number of rotatable bonds is 12. The van der Waals surface area contributed by atoms with Crippen LogP contribution in [0.1, 0.15) is 69.4 Å². The standard InChI is InChI=1S/C35H41FN4O10S/c1-3-21-13-35(21,33(45)37-51(47,48)24-8-9-24)14-29(41)27-11-23(50-34(46)38-15-20-5-4-6-26(36)25(20)18-38)17-40(27)31(43)19(2)7-10-30(42)39-16-22-12-28(39)32(44)49-22/h3-6,19,21-24,27-28H,1,7-18H2,2H3,(H,37,45)/t19-,21+,22+,23?,27-,28+,35+/m0/s1. The van der Waals surface area contributed by atoms with Crippen molar-refractivity contribution < 1.29 is 51.0 Å². The number of benzene rings is 1. The van der Waals surface area contributed by atoms with Crippen LogP contribution in [0.15, 0.2) is 30.9 Å². The summed E-state index contributed by atoms with van der Waals surface area (Å²) >= 11 is 0. The summed E-state index contributed by atoms with van der Waals surface area (Å²) in [5.41, 5.74) is -0.302. The first kappa shape index (κ1) is 35.1. The summed E-state index contributed by atoms with van der Waals surface area (Å²) in [6, 6.07) is 2.88. The van der Waals surface area contributed by atoms with Crippen molar-refractivity contribution in [3.63, 3.8) is 0 Å². The smallest absolute Gasteiger partial charge is 0.410 e. The number of hydrogen-bond donors (Lipinski definition) is 1. The van der Waals surface area contributed by atoms with Gasteiger partial charge in [0.1, 0.15) is 24.1 Å². The molecular formula is C35H41FN4O10S. The molecule has 4 aliphatic heterocycles. The maximum atomic E-state index is 14.4. The van der Waals surface area contributed by atoms with Crippen LogP contribution in [0.25, 0.3) is 0 Å². The molecule has 16 heteroatoms. The van der Waals surface area contributed by atoms with E-state index in [-0.39, 0.29) is 63.7 Å². The van der Waals surface area contributed by atoms with Gasteiger partial charge < -0.3 is 19.3 Å². The van der Waals surface area contributed by atoms with Crippen LogP contribution in [0.4, 0.5) is 9.18 Å². The molecule has 0 radical (unpaired) electrons. The fourth-order valence-electron chi connectivity index (χ4n) is 7.98. The molecule has 1 unspecified atom stereocenters. The van der Waals surface area contributed by atoms with E-state index in [1.54, 1.807) is 19.1 Å². The van der Waals surface area contributed by atoms with Gasteiger partial charge in [-0.15, -0.1) is 6.58 Å². The van der Waals surface area contributed by atoms with E-state index in [0.29, 0.717) is 36.9 Å². The van der Waals surface area contributed by atoms with Crippen LogP contribution in [0.5, 0.6) is 0 Å². The van der Waals surface area contributed by atoms with Crippen molar-refractivity contribution in [2.75, 3.05) is 13.1 Å². The lowest BCUT2D eigenvalue weighted by Crippen LogP contribution is -2.46. The van der Waals surface area contributed by atoms with Crippen LogP contribution in [-0.2, 0) is 56.6 Å². The number of carbonyl (C=O) groups is 6. The van der Waals surface area contributed by atoms with Crippen molar-refractivity contribution in [2.24, 2.45) is 17.3 Å². The van der Waals surface area contributed by atoms with Crippen molar-refractivity contribution >= 4 is 45.6 Å². The molecule has 3 saturated heterocycles. The SMILES string of the molecule is C=C[C@@H]1C[C@]1(CC(=O)[C@@H]1CC(OC(=O)N2Cc3cccc(F)c3C2)CN1C(=O)[C@@H](C)CCC(=O)N1C[C@H]2C[C@@H]1C(=O)O2)C(=O)NS(=O)(=O)C1CC1. The highest BCUT2D eigenvalue weighted by Crippen LogP contribution is 2.57. The lowest BCUT2D eigenvalue weighted by atomic mass is 9.91. The predicted molar refractivity (Wildman–Crippen MR) is 175 cm³/mol. The molecule has 2 bridgehead atoms. The number of ether oxygens (including phenoxy) is 2. The molecule has 274 valence electrons. The quantitative estimate of drug-likeness (QED) is 0.247. The number of carbonyl (C=O) groups excluding carboxylic acids is 6. The van der Waals surface area contributed by atoms with E-state index in [1.165, 1.54) is 26.8 Å². The van der Waals surface area contributed by atoms with Crippen molar-refractivity contribution in [2.45, 2.75) is 101 Å². The zero-order valence-corrected chi connectivity index (χ0v) is 29.1. The lowest BCUT2D eigenvalue weighted by Gasteiger charge is -2.29. The van der Waals surface area contributed by atoms with E-state index in [0.717, 1.165) is 0 Å². The third-order valence-electron chi connectivity index (χ3n) is 11.3. The second-order valence-electron chi connectivity index (χ2n) is 14.8. The predicted octanol–water partition coefficient (Wildman–Crippen LogP) is 1.95. The Morgan fingerprint density at radius 3 is 2.55 bits per heavy atom. The highest BCUT2D eigenvalue weighted by Gasteiger charge is 2.61. The summed E-state index contributed by atoms with van der Waals surface area (Å²) in [6.07, 6.45) is 0.823. The normalized spacial score (nSPS) is 29.7. The molecule has 1 aromatic rings. The third kappa shape index (κ3) is 6.62. The maximum Gasteiger partial charge on any atom is 0.410 e. The summed E-state index contributed by atoms with van der Waals surface area (Å²) < 4.78 is 52.7. The molecule has 7 atom stereocenters. The molecular weight excluding hydrogens is 687 g/mol. The topological polar surface area (TPSA) is 177 Å². The zero-order chi connectivity index (χ0) is 36.4. The van der Waals surface area contributed by atoms with Gasteiger partial charge in [-0.25, -0.2) is 22.4 Å². The van der Waals surface area contributed by atoms with Gasteiger partial charge in [-0.1, -0.05) is 25.1 Å². The van der Waals surface area contributed by atoms with Crippen molar-refractivity contribution in [3.05, 3.63) is 47.8 Å². The second kappa shape index (κ2) is 13.0. The number of fused-ring (bicyclic) bond motifs is 3. The summed E-state index contributed by atoms with van der Waals surface area (Å²) in [6.45, 7) is 5.70. The van der Waals surface area contributed by atoms with Crippen molar-refractivity contribution in [1.82, 2.24) is 19.4 Å². The maximum absolute atomic E-state index is 14.4. The number of nitrogens with zero attached hydrogens (tertiary/aromatic N) is 3. The second-order valence-corrected chi connectivity index (χ2v) is 16.8. The van der Waals surface area contributed by atoms with Gasteiger partial charge in [0.2, 0.25) is 27.7 Å². The number of amides is 4. The molecule has 14 nitrogen and oxygen atoms in total. The van der Waals surface area contributed by atoms with Crippen LogP contribution >= 0.6 is 0 Å². The highest BCUT2D eigenvalue weighted by atomic mass is 32.2. The van der Waals surface area contributed by atoms with Gasteiger partial charge in [0.25, 0.3) is 0 Å². The number of ketones is 1. The number of sulfonamides is 1. The first-order valence-corrected chi connectivity index (χ1v) is 19.0. The lowest BCUT2D eigenvalue weighted by molar-refractivity contribution is -0.157. The van der Waals surface area contributed by atoms with E-state index in [4.69, 9.17) is 9.47 Å². The summed E-state index contributed by atoms with van der Waals surface area (Å²) in [7, 11) is -3.88. The van der Waals surface area contributed by atoms with E-state index in [1.807, 2.05) is 0 Å². The minimum Gasteiger partial charge on any atom is -0.459 e. The number of Topliss-reactive ketones (excluding diaryl/α,β-unsaturated/α-hetero) is 1. The molecule has 0 spiro atoms. The number of nitrogens with one attached hydrogen (secondary N) is 1. The molecule has 1 N–H and O–H groups in total. The fraction of sp³-hybridized carbons (Fsp3) is 0.600. The van der Waals surface area contributed by atoms with E-state index >= 15 is 0 Å². The Balaban J connectivity index is 1.04. The number of allylic oxidation sites excluding steroid dienone is 1. The molecule has 2 aliphatic carbocycles. The largest absolute Gasteiger partial charge is 0.459 e. The molecule has 1 aromatic carbocycles. The average molecular weight is 729 g/mol. The van der Waals surface area contributed by atoms with Gasteiger partial charge in [-0.2, -0.15) is 0 Å². The number of hydrogen-bond acceptors (Lipinski definition) is 10. The number of halogens is 1. The van der Waals surface area contributed by atoms with Gasteiger partial charge in [0.15, 0.2) is 5.78 Å². The molecule has 0 aromatic heterocycles. The molecule has 7 rings (SSSR count). The van der Waals surface area contributed by atoms with Gasteiger partial charge >= 0.3 is 12.1 Å². The Bertz CT molecular complexity index is 1820. The van der Waals surface area contributed by atoms with Gasteiger partial charge in [0.05, 0.1) is 36.3 Å². The Kier molecular flexibility index (Phi) is 8.95. The van der Waals surface area contributed by atoms with Crippen LogP contribution in [-0.4, -0.2) is 101 Å². The van der Waals surface area contributed by atoms with Gasteiger partial charge in [-0.3, -0.25) is 28.8 Å². The Labute approximate surface area is 294 Å². The van der Waals surface area contributed by atoms with Crippen LogP contribution in [0.3, 0.4) is 0 Å². The van der Waals surface area contributed by atoms with Crippen molar-refractivity contribution in [3.8, 4) is 0 Å². The number of esters is 1. The molecule has 5 fully saturated rings. The Morgan fingerprint density at radius 1 is 1.14 bits per heavy atom.